The van der Waals surface area contributed by atoms with E-state index in [-0.39, 0.29) is 12.5 Å². The maximum absolute atomic E-state index is 12.6. The largest absolute Gasteiger partial charge is 0.419 e. The minimum absolute atomic E-state index is 0.0705. The summed E-state index contributed by atoms with van der Waals surface area (Å²) >= 11 is 1.56. The lowest BCUT2D eigenvalue weighted by Crippen LogP contribution is -2.33. The summed E-state index contributed by atoms with van der Waals surface area (Å²) < 4.78 is 5.77. The summed E-state index contributed by atoms with van der Waals surface area (Å²) in [5.74, 6) is 0.958. The summed E-state index contributed by atoms with van der Waals surface area (Å²) in [5.41, 5.74) is 3.04. The van der Waals surface area contributed by atoms with E-state index in [1.807, 2.05) is 64.9 Å². The molecule has 1 amide bonds. The number of carbonyl (C=O) groups excluding carboxylic acids is 1. The second-order valence-corrected chi connectivity index (χ2v) is 8.13. The van der Waals surface area contributed by atoms with Crippen LogP contribution in [0.1, 0.15) is 19.2 Å². The maximum atomic E-state index is 12.6. The van der Waals surface area contributed by atoms with Gasteiger partial charge >= 0.3 is 0 Å². The van der Waals surface area contributed by atoms with E-state index in [2.05, 4.69) is 34.6 Å². The van der Waals surface area contributed by atoms with Crippen LogP contribution in [0, 0.1) is 0 Å². The summed E-state index contributed by atoms with van der Waals surface area (Å²) in [6.07, 6.45) is 0.922. The molecule has 6 nitrogen and oxygen atoms in total. The average molecular weight is 433 g/mol. The molecule has 0 aliphatic carbocycles. The highest BCUT2D eigenvalue weighted by Crippen LogP contribution is 2.23. The van der Waals surface area contributed by atoms with Gasteiger partial charge in [0.25, 0.3) is 5.89 Å². The molecule has 0 radical (unpaired) electrons. The van der Waals surface area contributed by atoms with E-state index in [0.717, 1.165) is 34.7 Å². The third kappa shape index (κ3) is 5.65. The van der Waals surface area contributed by atoms with Crippen LogP contribution in [0.2, 0.25) is 0 Å². The van der Waals surface area contributed by atoms with Gasteiger partial charge in [-0.1, -0.05) is 55.5 Å². The zero-order chi connectivity index (χ0) is 21.5. The highest BCUT2D eigenvalue weighted by Gasteiger charge is 2.16. The van der Waals surface area contributed by atoms with Crippen molar-refractivity contribution in [1.29, 1.82) is 0 Å². The zero-order valence-electron chi connectivity index (χ0n) is 17.3. The number of aromatic nitrogens is 2. The van der Waals surface area contributed by atoms with Gasteiger partial charge in [-0.25, -0.2) is 0 Å². The summed E-state index contributed by atoms with van der Waals surface area (Å²) in [6, 6.07) is 21.9. The standard InChI is InChI=1S/C24H24N4O2S/c1-2-14-28(17-23-26-27-24(30-23)21-9-6-15-31-21)16-22(29)25-20-12-10-19(11-13-20)18-7-4-3-5-8-18/h3-13,15H,2,14,16-17H2,1H3,(H,25,29). The van der Waals surface area contributed by atoms with Crippen molar-refractivity contribution in [3.63, 3.8) is 0 Å². The van der Waals surface area contributed by atoms with Gasteiger partial charge in [-0.05, 0) is 47.7 Å². The van der Waals surface area contributed by atoms with Crippen LogP contribution in [0.25, 0.3) is 21.9 Å². The molecule has 7 heteroatoms. The first-order valence-corrected chi connectivity index (χ1v) is 11.1. The molecule has 0 aliphatic rings. The third-order valence-electron chi connectivity index (χ3n) is 4.74. The van der Waals surface area contributed by atoms with Gasteiger partial charge in [-0.2, -0.15) is 0 Å². The molecule has 2 heterocycles. The Morgan fingerprint density at radius 2 is 1.77 bits per heavy atom. The molecule has 158 valence electrons. The summed E-state index contributed by atoms with van der Waals surface area (Å²) in [6.45, 7) is 3.53. The Kier molecular flexibility index (Phi) is 6.86. The fourth-order valence-electron chi connectivity index (χ4n) is 3.32. The van der Waals surface area contributed by atoms with Crippen molar-refractivity contribution in [1.82, 2.24) is 15.1 Å². The van der Waals surface area contributed by atoms with Crippen molar-refractivity contribution < 1.29 is 9.21 Å². The van der Waals surface area contributed by atoms with Gasteiger partial charge in [0.05, 0.1) is 18.0 Å². The number of carbonyl (C=O) groups is 1. The lowest BCUT2D eigenvalue weighted by atomic mass is 10.1. The molecule has 2 aromatic carbocycles. The predicted octanol–water partition coefficient (Wildman–Crippen LogP) is 5.32. The van der Waals surface area contributed by atoms with Crippen LogP contribution in [0.4, 0.5) is 5.69 Å². The van der Waals surface area contributed by atoms with Crippen LogP contribution in [-0.4, -0.2) is 34.1 Å². The molecule has 4 rings (SSSR count). The minimum atomic E-state index is -0.0705. The lowest BCUT2D eigenvalue weighted by Gasteiger charge is -2.19. The number of anilines is 1. The fraction of sp³-hybridized carbons (Fsp3) is 0.208. The second-order valence-electron chi connectivity index (χ2n) is 7.18. The van der Waals surface area contributed by atoms with Crippen molar-refractivity contribution in [2.75, 3.05) is 18.4 Å². The molecule has 0 unspecified atom stereocenters. The fourth-order valence-corrected chi connectivity index (χ4v) is 3.96. The quantitative estimate of drug-likeness (QED) is 0.388. The van der Waals surface area contributed by atoms with Crippen molar-refractivity contribution in [3.05, 3.63) is 78.0 Å². The van der Waals surface area contributed by atoms with Gasteiger partial charge in [0.15, 0.2) is 0 Å². The first-order chi connectivity index (χ1) is 15.2. The number of nitrogens with one attached hydrogen (secondary N) is 1. The van der Waals surface area contributed by atoms with Gasteiger partial charge in [0.2, 0.25) is 11.8 Å². The Morgan fingerprint density at radius 1 is 1.00 bits per heavy atom. The van der Waals surface area contributed by atoms with Crippen molar-refractivity contribution >= 4 is 22.9 Å². The van der Waals surface area contributed by atoms with Crippen LogP contribution in [0.15, 0.2) is 76.5 Å². The number of rotatable bonds is 9. The molecule has 0 atom stereocenters. The molecular formula is C24H24N4O2S. The molecule has 0 spiro atoms. The molecule has 1 N–H and O–H groups in total. The number of hydrogen-bond acceptors (Lipinski definition) is 6. The summed E-state index contributed by atoms with van der Waals surface area (Å²) in [5, 5.41) is 13.2. The van der Waals surface area contributed by atoms with Crippen LogP contribution in [-0.2, 0) is 11.3 Å². The highest BCUT2D eigenvalue weighted by molar-refractivity contribution is 7.13. The van der Waals surface area contributed by atoms with Gasteiger partial charge < -0.3 is 9.73 Å². The van der Waals surface area contributed by atoms with Crippen molar-refractivity contribution in [3.8, 4) is 21.9 Å². The molecule has 4 aromatic rings. The number of hydrogen-bond donors (Lipinski definition) is 1. The first-order valence-electron chi connectivity index (χ1n) is 10.2. The normalized spacial score (nSPS) is 11.0. The van der Waals surface area contributed by atoms with Gasteiger partial charge in [-0.15, -0.1) is 21.5 Å². The number of nitrogens with zero attached hydrogens (tertiary/aromatic N) is 3. The van der Waals surface area contributed by atoms with Crippen LogP contribution in [0.3, 0.4) is 0 Å². The lowest BCUT2D eigenvalue weighted by molar-refractivity contribution is -0.117. The Bertz CT molecular complexity index is 1090. The molecular weight excluding hydrogens is 408 g/mol. The Hall–Kier alpha value is -3.29. The van der Waals surface area contributed by atoms with Crippen LogP contribution < -0.4 is 5.32 Å². The Labute approximate surface area is 185 Å². The molecule has 0 fully saturated rings. The van der Waals surface area contributed by atoms with E-state index in [1.54, 1.807) is 11.3 Å². The van der Waals surface area contributed by atoms with E-state index in [9.17, 15) is 4.79 Å². The monoisotopic (exact) mass is 432 g/mol. The number of benzene rings is 2. The van der Waals surface area contributed by atoms with Gasteiger partial charge in [-0.3, -0.25) is 9.69 Å². The van der Waals surface area contributed by atoms with Crippen molar-refractivity contribution in [2.24, 2.45) is 0 Å². The summed E-state index contributed by atoms with van der Waals surface area (Å²) in [7, 11) is 0. The zero-order valence-corrected chi connectivity index (χ0v) is 18.1. The minimum Gasteiger partial charge on any atom is -0.419 e. The van der Waals surface area contributed by atoms with E-state index in [1.165, 1.54) is 0 Å². The molecule has 2 aromatic heterocycles. The van der Waals surface area contributed by atoms with Crippen LogP contribution in [0.5, 0.6) is 0 Å². The molecule has 31 heavy (non-hydrogen) atoms. The SMILES string of the molecule is CCCN(CC(=O)Nc1ccc(-c2ccccc2)cc1)Cc1nnc(-c2cccs2)o1. The van der Waals surface area contributed by atoms with E-state index < -0.39 is 0 Å². The van der Waals surface area contributed by atoms with E-state index in [0.29, 0.717) is 18.3 Å². The summed E-state index contributed by atoms with van der Waals surface area (Å²) in [4.78, 5) is 15.6. The maximum Gasteiger partial charge on any atom is 0.257 e. The second kappa shape index (κ2) is 10.1. The Balaban J connectivity index is 1.35. The first kappa shape index (κ1) is 21.0. The predicted molar refractivity (Wildman–Crippen MR) is 124 cm³/mol. The van der Waals surface area contributed by atoms with Gasteiger partial charge in [0, 0.05) is 5.69 Å². The van der Waals surface area contributed by atoms with Gasteiger partial charge in [0.1, 0.15) is 0 Å². The van der Waals surface area contributed by atoms with E-state index >= 15 is 0 Å². The van der Waals surface area contributed by atoms with Crippen LogP contribution >= 0.6 is 11.3 Å². The smallest absolute Gasteiger partial charge is 0.257 e. The van der Waals surface area contributed by atoms with Crippen molar-refractivity contribution in [2.45, 2.75) is 19.9 Å². The third-order valence-corrected chi connectivity index (χ3v) is 5.60. The average Bonchev–Trinajstić information content (AvgIpc) is 3.47. The molecule has 0 bridgehead atoms. The molecule has 0 aliphatic heterocycles. The van der Waals surface area contributed by atoms with E-state index in [4.69, 9.17) is 4.42 Å². The highest BCUT2D eigenvalue weighted by atomic mass is 32.1. The number of amides is 1. The molecule has 0 saturated carbocycles. The molecule has 0 saturated heterocycles. The number of thiophene rings is 1. The Morgan fingerprint density at radius 3 is 2.48 bits per heavy atom. The topological polar surface area (TPSA) is 71.3 Å².